The maximum absolute atomic E-state index is 11.3. The second kappa shape index (κ2) is 4.72. The molecule has 5 heteroatoms. The number of esters is 1. The van der Waals surface area contributed by atoms with Gasteiger partial charge in [-0.3, -0.25) is 4.79 Å². The van der Waals surface area contributed by atoms with Gasteiger partial charge < -0.3 is 14.8 Å². The third-order valence-electron chi connectivity index (χ3n) is 2.33. The maximum Gasteiger partial charge on any atom is 0.407 e. The number of carbonyl (C=O) groups excluding carboxylic acids is 2. The molecule has 0 aliphatic heterocycles. The van der Waals surface area contributed by atoms with Crippen LogP contribution >= 0.6 is 0 Å². The minimum atomic E-state index is -0.491. The lowest BCUT2D eigenvalue weighted by Gasteiger charge is -2.19. The highest BCUT2D eigenvalue weighted by molar-refractivity contribution is 5.76. The van der Waals surface area contributed by atoms with Crippen LogP contribution in [0.3, 0.4) is 0 Å². The van der Waals surface area contributed by atoms with Gasteiger partial charge in [-0.25, -0.2) is 4.79 Å². The molecule has 0 radical (unpaired) electrons. The predicted molar refractivity (Wildman–Crippen MR) is 57.8 cm³/mol. The molecule has 0 bridgehead atoms. The summed E-state index contributed by atoms with van der Waals surface area (Å²) in [4.78, 5) is 22.4. The molecule has 0 spiro atoms. The zero-order chi connectivity index (χ0) is 12.3. The van der Waals surface area contributed by atoms with Gasteiger partial charge in [-0.2, -0.15) is 0 Å². The topological polar surface area (TPSA) is 64.6 Å². The van der Waals surface area contributed by atoms with Crippen molar-refractivity contribution < 1.29 is 19.1 Å². The SMILES string of the molecule is COC(=O)[C@@H]1C[C@@H]1CNC(=O)OC(C)(C)C. The molecule has 2 atom stereocenters. The van der Waals surface area contributed by atoms with E-state index >= 15 is 0 Å². The van der Waals surface area contributed by atoms with Crippen LogP contribution in [0.25, 0.3) is 0 Å². The average molecular weight is 229 g/mol. The summed E-state index contributed by atoms with van der Waals surface area (Å²) in [6.07, 6.45) is 0.339. The molecule has 1 saturated carbocycles. The van der Waals surface area contributed by atoms with Crippen LogP contribution in [0.2, 0.25) is 0 Å². The number of nitrogens with one attached hydrogen (secondary N) is 1. The number of ether oxygens (including phenoxy) is 2. The van der Waals surface area contributed by atoms with E-state index in [4.69, 9.17) is 4.74 Å². The number of hydrogen-bond donors (Lipinski definition) is 1. The first-order chi connectivity index (χ1) is 7.33. The van der Waals surface area contributed by atoms with Crippen molar-refractivity contribution in [1.29, 1.82) is 0 Å². The first-order valence-corrected chi connectivity index (χ1v) is 5.38. The molecular formula is C11H19NO4. The van der Waals surface area contributed by atoms with Gasteiger partial charge in [0, 0.05) is 6.54 Å². The molecule has 0 aromatic heterocycles. The fourth-order valence-electron chi connectivity index (χ4n) is 1.44. The Kier molecular flexibility index (Phi) is 3.78. The van der Waals surface area contributed by atoms with Gasteiger partial charge in [0.05, 0.1) is 13.0 Å². The Morgan fingerprint density at radius 1 is 1.38 bits per heavy atom. The number of rotatable bonds is 3. The quantitative estimate of drug-likeness (QED) is 0.741. The smallest absolute Gasteiger partial charge is 0.407 e. The summed E-state index contributed by atoms with van der Waals surface area (Å²) in [6.45, 7) is 5.89. The maximum atomic E-state index is 11.3. The third-order valence-corrected chi connectivity index (χ3v) is 2.33. The zero-order valence-electron chi connectivity index (χ0n) is 10.2. The molecule has 92 valence electrons. The average Bonchev–Trinajstić information content (AvgIpc) is 2.90. The van der Waals surface area contributed by atoms with Crippen LogP contribution in [0, 0.1) is 11.8 Å². The van der Waals surface area contributed by atoms with Gasteiger partial charge in [0.25, 0.3) is 0 Å². The molecule has 0 aromatic rings. The van der Waals surface area contributed by atoms with Gasteiger partial charge in [-0.15, -0.1) is 0 Å². The van der Waals surface area contributed by atoms with Crippen LogP contribution in [0.5, 0.6) is 0 Å². The number of alkyl carbamates (subject to hydrolysis) is 1. The molecule has 1 aliphatic carbocycles. The fourth-order valence-corrected chi connectivity index (χ4v) is 1.44. The van der Waals surface area contributed by atoms with Crippen LogP contribution in [0.4, 0.5) is 4.79 Å². The summed E-state index contributed by atoms with van der Waals surface area (Å²) in [5.74, 6) is -0.0594. The van der Waals surface area contributed by atoms with Gasteiger partial charge in [-0.05, 0) is 33.1 Å². The van der Waals surface area contributed by atoms with Crippen LogP contribution in [-0.2, 0) is 14.3 Å². The summed E-state index contributed by atoms with van der Waals surface area (Å²) in [5, 5.41) is 2.64. The van der Waals surface area contributed by atoms with Crippen molar-refractivity contribution in [2.75, 3.05) is 13.7 Å². The molecule has 1 N–H and O–H groups in total. The first kappa shape index (κ1) is 12.8. The molecule has 0 aromatic carbocycles. The molecule has 0 heterocycles. The Bertz CT molecular complexity index is 282. The van der Waals surface area contributed by atoms with Crippen molar-refractivity contribution >= 4 is 12.1 Å². The summed E-state index contributed by atoms with van der Waals surface area (Å²) in [6, 6.07) is 0. The van der Waals surface area contributed by atoms with Crippen molar-refractivity contribution in [3.05, 3.63) is 0 Å². The van der Waals surface area contributed by atoms with Crippen LogP contribution in [0.1, 0.15) is 27.2 Å². The Morgan fingerprint density at radius 2 is 2.00 bits per heavy atom. The lowest BCUT2D eigenvalue weighted by atomic mass is 10.2. The molecule has 0 unspecified atom stereocenters. The summed E-state index contributed by atoms with van der Waals surface area (Å²) < 4.78 is 9.68. The van der Waals surface area contributed by atoms with E-state index < -0.39 is 11.7 Å². The molecular weight excluding hydrogens is 210 g/mol. The van der Waals surface area contributed by atoms with E-state index in [2.05, 4.69) is 10.1 Å². The van der Waals surface area contributed by atoms with Gasteiger partial charge >= 0.3 is 12.1 Å². The zero-order valence-corrected chi connectivity index (χ0v) is 10.2. The van der Waals surface area contributed by atoms with E-state index in [-0.39, 0.29) is 17.8 Å². The predicted octanol–water partition coefficient (Wildman–Crippen LogP) is 1.32. The molecule has 0 saturated heterocycles. The van der Waals surface area contributed by atoms with Crippen LogP contribution in [-0.4, -0.2) is 31.3 Å². The minimum Gasteiger partial charge on any atom is -0.469 e. The highest BCUT2D eigenvalue weighted by Crippen LogP contribution is 2.38. The highest BCUT2D eigenvalue weighted by Gasteiger charge is 2.43. The van der Waals surface area contributed by atoms with E-state index in [0.717, 1.165) is 6.42 Å². The van der Waals surface area contributed by atoms with Crippen molar-refractivity contribution in [1.82, 2.24) is 5.32 Å². The minimum absolute atomic E-state index is 0.0556. The van der Waals surface area contributed by atoms with Crippen molar-refractivity contribution in [3.8, 4) is 0 Å². The number of hydrogen-bond acceptors (Lipinski definition) is 4. The highest BCUT2D eigenvalue weighted by atomic mass is 16.6. The number of carbonyl (C=O) groups is 2. The summed E-state index contributed by atoms with van der Waals surface area (Å²) >= 11 is 0. The fraction of sp³-hybridized carbons (Fsp3) is 0.818. The molecule has 1 aliphatic rings. The second-order valence-electron chi connectivity index (χ2n) is 5.01. The van der Waals surface area contributed by atoms with E-state index in [1.165, 1.54) is 7.11 Å². The number of methoxy groups -OCH3 is 1. The van der Waals surface area contributed by atoms with Gasteiger partial charge in [0.2, 0.25) is 0 Å². The van der Waals surface area contributed by atoms with E-state index in [1.54, 1.807) is 20.8 Å². The molecule has 1 rings (SSSR count). The summed E-state index contributed by atoms with van der Waals surface area (Å²) in [7, 11) is 1.37. The van der Waals surface area contributed by atoms with Gasteiger partial charge in [0.1, 0.15) is 5.60 Å². The van der Waals surface area contributed by atoms with Crippen LogP contribution in [0.15, 0.2) is 0 Å². The number of amides is 1. The Hall–Kier alpha value is -1.26. The summed E-state index contributed by atoms with van der Waals surface area (Å²) in [5.41, 5.74) is -0.491. The normalized spacial score (nSPS) is 23.5. The standard InChI is InChI=1S/C11H19NO4/c1-11(2,3)16-10(14)12-6-7-5-8(7)9(13)15-4/h7-8H,5-6H2,1-4H3,(H,12,14)/t7-,8-/m1/s1. The van der Waals surface area contributed by atoms with Gasteiger partial charge in [0.15, 0.2) is 0 Å². The van der Waals surface area contributed by atoms with Crippen molar-refractivity contribution in [2.45, 2.75) is 32.8 Å². The Morgan fingerprint density at radius 3 is 2.50 bits per heavy atom. The van der Waals surface area contributed by atoms with Crippen molar-refractivity contribution in [3.63, 3.8) is 0 Å². The van der Waals surface area contributed by atoms with E-state index in [9.17, 15) is 9.59 Å². The molecule has 5 nitrogen and oxygen atoms in total. The second-order valence-corrected chi connectivity index (χ2v) is 5.01. The third kappa shape index (κ3) is 4.08. The lowest BCUT2D eigenvalue weighted by Crippen LogP contribution is -2.33. The van der Waals surface area contributed by atoms with E-state index in [1.807, 2.05) is 0 Å². The van der Waals surface area contributed by atoms with Gasteiger partial charge in [-0.1, -0.05) is 0 Å². The van der Waals surface area contributed by atoms with Crippen molar-refractivity contribution in [2.24, 2.45) is 11.8 Å². The first-order valence-electron chi connectivity index (χ1n) is 5.38. The molecule has 1 fully saturated rings. The lowest BCUT2D eigenvalue weighted by molar-refractivity contribution is -0.142. The monoisotopic (exact) mass is 229 g/mol. The largest absolute Gasteiger partial charge is 0.469 e. The Labute approximate surface area is 95.5 Å². The molecule has 16 heavy (non-hydrogen) atoms. The van der Waals surface area contributed by atoms with Crippen LogP contribution < -0.4 is 5.32 Å². The molecule has 1 amide bonds. The Balaban J connectivity index is 2.18. The van der Waals surface area contributed by atoms with E-state index in [0.29, 0.717) is 6.54 Å².